The van der Waals surface area contributed by atoms with Gasteiger partial charge in [0.05, 0.1) is 0 Å². The zero-order chi connectivity index (χ0) is 12.6. The average molecular weight is 248 g/mol. The van der Waals surface area contributed by atoms with Crippen molar-refractivity contribution < 1.29 is 0 Å². The molecule has 0 rings (SSSR count). The Morgan fingerprint density at radius 1 is 0.875 bits per heavy atom. The van der Waals surface area contributed by atoms with Crippen molar-refractivity contribution in [3.63, 3.8) is 0 Å². The zero-order valence-corrected chi connectivity index (χ0v) is 12.7. The summed E-state index contributed by atoms with van der Waals surface area (Å²) in [5.41, 5.74) is 0. The minimum atomic E-state index is -1.66. The van der Waals surface area contributed by atoms with Gasteiger partial charge in [0.1, 0.15) is 0 Å². The maximum Gasteiger partial charge on any atom is 0.164 e. The van der Waals surface area contributed by atoms with Gasteiger partial charge in [-0.3, -0.25) is 9.83 Å². The van der Waals surface area contributed by atoms with E-state index < -0.39 is 7.51 Å². The van der Waals surface area contributed by atoms with Crippen LogP contribution in [0.2, 0.25) is 0 Å². The lowest BCUT2D eigenvalue weighted by Gasteiger charge is -2.42. The van der Waals surface area contributed by atoms with Crippen LogP contribution >= 0.6 is 7.51 Å². The van der Waals surface area contributed by atoms with Crippen LogP contribution in [-0.4, -0.2) is 49.1 Å². The fourth-order valence-corrected chi connectivity index (χ4v) is 5.56. The second kappa shape index (κ2) is 8.24. The van der Waals surface area contributed by atoms with Gasteiger partial charge in [-0.05, 0) is 6.54 Å². The Labute approximate surface area is 102 Å². The zero-order valence-electron chi connectivity index (χ0n) is 11.8. The molecule has 1 N–H and O–H groups in total. The minimum Gasteiger partial charge on any atom is -0.264 e. The van der Waals surface area contributed by atoms with Crippen molar-refractivity contribution in [2.45, 2.75) is 34.6 Å². The number of rotatable bonds is 8. The second-order valence-corrected chi connectivity index (χ2v) is 6.54. The highest BCUT2D eigenvalue weighted by molar-refractivity contribution is 7.59. The predicted octanol–water partition coefficient (Wildman–Crippen LogP) is 2.86. The van der Waals surface area contributed by atoms with Gasteiger partial charge in [0.2, 0.25) is 0 Å². The third kappa shape index (κ3) is 3.30. The van der Waals surface area contributed by atoms with Gasteiger partial charge in [-0.1, -0.05) is 34.6 Å². The van der Waals surface area contributed by atoms with Crippen LogP contribution in [-0.2, 0) is 0 Å². The molecule has 0 spiro atoms. The fraction of sp³-hybridized carbons (Fsp3) is 1.00. The Hall–Kier alpha value is 0.110. The lowest BCUT2D eigenvalue weighted by Crippen LogP contribution is -2.38. The van der Waals surface area contributed by atoms with Crippen molar-refractivity contribution in [3.8, 4) is 0 Å². The first kappa shape index (κ1) is 16.1. The van der Waals surface area contributed by atoms with Crippen molar-refractivity contribution in [2.75, 3.05) is 39.8 Å². The van der Waals surface area contributed by atoms with Crippen molar-refractivity contribution in [2.24, 2.45) is 4.74 Å². The molecule has 0 unspecified atom stereocenters. The van der Waals surface area contributed by atoms with E-state index in [0.717, 1.165) is 32.7 Å². The predicted molar refractivity (Wildman–Crippen MR) is 74.8 cm³/mol. The second-order valence-electron chi connectivity index (χ2n) is 3.56. The van der Waals surface area contributed by atoms with E-state index in [1.165, 1.54) is 0 Å². The molecule has 0 heterocycles. The topological polar surface area (TPSA) is 30.9 Å². The third-order valence-corrected chi connectivity index (χ3v) is 6.91. The van der Waals surface area contributed by atoms with Gasteiger partial charge in [-0.25, -0.2) is 9.34 Å². The van der Waals surface area contributed by atoms with Crippen LogP contribution in [0.4, 0.5) is 0 Å². The summed E-state index contributed by atoms with van der Waals surface area (Å²) in [4.78, 5) is 0. The Morgan fingerprint density at radius 2 is 1.25 bits per heavy atom. The van der Waals surface area contributed by atoms with E-state index in [9.17, 15) is 0 Å². The Kier molecular flexibility index (Phi) is 8.29. The number of nitrogens with one attached hydrogen (secondary N) is 1. The lowest BCUT2D eigenvalue weighted by atomic mass is 10.7. The molecule has 0 bridgehead atoms. The van der Waals surface area contributed by atoms with E-state index in [-0.39, 0.29) is 0 Å². The fourth-order valence-electron chi connectivity index (χ4n) is 2.15. The third-order valence-electron chi connectivity index (χ3n) is 2.90. The highest BCUT2D eigenvalue weighted by Crippen LogP contribution is 2.51. The summed E-state index contributed by atoms with van der Waals surface area (Å²) in [7, 11) is 0.296. The van der Waals surface area contributed by atoms with E-state index in [2.05, 4.69) is 49.0 Å². The van der Waals surface area contributed by atoms with Crippen LogP contribution in [0.3, 0.4) is 0 Å². The molecule has 98 valence electrons. The van der Waals surface area contributed by atoms with Crippen LogP contribution < -0.4 is 5.09 Å². The molecule has 4 nitrogen and oxygen atoms in total. The van der Waals surface area contributed by atoms with Gasteiger partial charge in [-0.2, -0.15) is 0 Å². The number of hydrogen-bond donors (Lipinski definition) is 1. The summed E-state index contributed by atoms with van der Waals surface area (Å²) in [6, 6.07) is 0. The molecule has 0 saturated heterocycles. The molecule has 0 radical (unpaired) electrons. The maximum absolute atomic E-state index is 4.75. The lowest BCUT2D eigenvalue weighted by molar-refractivity contribution is 0.403. The molecule has 0 aliphatic heterocycles. The van der Waals surface area contributed by atoms with Gasteiger partial charge in [0, 0.05) is 33.2 Å². The van der Waals surface area contributed by atoms with Crippen molar-refractivity contribution >= 4 is 7.51 Å². The summed E-state index contributed by atoms with van der Waals surface area (Å²) in [5, 5.41) is 3.65. The molecule has 0 amide bonds. The van der Waals surface area contributed by atoms with Gasteiger partial charge < -0.3 is 0 Å². The standard InChI is InChI=1S/C11H29N4P/c1-7-13-16(12-6,14(8-2)9-3)15(10-4)11-5/h13H,7-11H2,1-6H3. The van der Waals surface area contributed by atoms with Crippen molar-refractivity contribution in [1.82, 2.24) is 14.4 Å². The van der Waals surface area contributed by atoms with E-state index in [0.29, 0.717) is 0 Å². The first-order valence-corrected chi connectivity index (χ1v) is 8.07. The van der Waals surface area contributed by atoms with Crippen molar-refractivity contribution in [3.05, 3.63) is 0 Å². The maximum atomic E-state index is 4.75. The number of nitrogens with zero attached hydrogens (tertiary/aromatic N) is 3. The molecule has 0 aliphatic rings. The van der Waals surface area contributed by atoms with E-state index >= 15 is 0 Å². The molecule has 0 aromatic rings. The van der Waals surface area contributed by atoms with Crippen LogP contribution in [0.15, 0.2) is 4.74 Å². The smallest absolute Gasteiger partial charge is 0.164 e. The largest absolute Gasteiger partial charge is 0.264 e. The van der Waals surface area contributed by atoms with Crippen molar-refractivity contribution in [1.29, 1.82) is 0 Å². The minimum absolute atomic E-state index is 0.970. The average Bonchev–Trinajstić information content (AvgIpc) is 2.31. The van der Waals surface area contributed by atoms with E-state index in [4.69, 9.17) is 4.74 Å². The molecule has 0 aromatic carbocycles. The van der Waals surface area contributed by atoms with Crippen LogP contribution in [0.25, 0.3) is 0 Å². The molecule has 5 heteroatoms. The van der Waals surface area contributed by atoms with Gasteiger partial charge in [0.25, 0.3) is 0 Å². The highest BCUT2D eigenvalue weighted by Gasteiger charge is 2.29. The molecule has 16 heavy (non-hydrogen) atoms. The Bertz CT molecular complexity index is 206. The summed E-state index contributed by atoms with van der Waals surface area (Å²) in [6.07, 6.45) is 0. The van der Waals surface area contributed by atoms with E-state index in [1.54, 1.807) is 0 Å². The van der Waals surface area contributed by atoms with Crippen LogP contribution in [0.1, 0.15) is 34.6 Å². The SMILES string of the molecule is CCNP(=NC)(N(CC)CC)N(CC)CC. The quantitative estimate of drug-likeness (QED) is 0.670. The molecular formula is C11H29N4P. The monoisotopic (exact) mass is 248 g/mol. The Morgan fingerprint density at radius 3 is 1.44 bits per heavy atom. The summed E-state index contributed by atoms with van der Waals surface area (Å²) >= 11 is 0. The summed E-state index contributed by atoms with van der Waals surface area (Å²) in [6.45, 7) is 16.2. The first-order chi connectivity index (χ1) is 7.66. The molecule has 0 saturated carbocycles. The molecular weight excluding hydrogens is 219 g/mol. The van der Waals surface area contributed by atoms with Crippen LogP contribution in [0, 0.1) is 0 Å². The normalized spacial score (nSPS) is 12.5. The molecule has 0 fully saturated rings. The molecule has 0 aliphatic carbocycles. The summed E-state index contributed by atoms with van der Waals surface area (Å²) < 4.78 is 9.70. The summed E-state index contributed by atoms with van der Waals surface area (Å²) in [5.74, 6) is 0. The van der Waals surface area contributed by atoms with E-state index in [1.807, 2.05) is 7.05 Å². The van der Waals surface area contributed by atoms with Crippen LogP contribution in [0.5, 0.6) is 0 Å². The molecule has 0 aromatic heterocycles. The number of hydrogen-bond acceptors (Lipinski definition) is 1. The van der Waals surface area contributed by atoms with Gasteiger partial charge in [-0.15, -0.1) is 0 Å². The highest BCUT2D eigenvalue weighted by atomic mass is 31.2. The Balaban J connectivity index is 5.28. The first-order valence-electron chi connectivity index (χ1n) is 6.42. The van der Waals surface area contributed by atoms with Gasteiger partial charge >= 0.3 is 0 Å². The molecule has 0 atom stereocenters. The van der Waals surface area contributed by atoms with Gasteiger partial charge in [0.15, 0.2) is 7.51 Å².